The summed E-state index contributed by atoms with van der Waals surface area (Å²) in [6, 6.07) is 3.98. The van der Waals surface area contributed by atoms with Crippen LogP contribution in [0.15, 0.2) is 12.1 Å². The normalized spacial score (nSPS) is 23.9. The van der Waals surface area contributed by atoms with Gasteiger partial charge in [-0.25, -0.2) is 4.39 Å². The van der Waals surface area contributed by atoms with Gasteiger partial charge in [0.05, 0.1) is 0 Å². The predicted molar refractivity (Wildman–Crippen MR) is 88.2 cm³/mol. The quantitative estimate of drug-likeness (QED) is 0.881. The predicted octanol–water partition coefficient (Wildman–Crippen LogP) is 4.56. The maximum atomic E-state index is 13.8. The highest BCUT2D eigenvalue weighted by Gasteiger charge is 2.25. The summed E-state index contributed by atoms with van der Waals surface area (Å²) in [6.07, 6.45) is 6.35. The van der Waals surface area contributed by atoms with Crippen LogP contribution in [0.3, 0.4) is 0 Å². The van der Waals surface area contributed by atoms with E-state index in [-0.39, 0.29) is 11.9 Å². The number of hydrogen-bond donors (Lipinski definition) is 1. The summed E-state index contributed by atoms with van der Waals surface area (Å²) in [5.74, 6) is 0.728. The zero-order chi connectivity index (χ0) is 15.6. The Kier molecular flexibility index (Phi) is 5.26. The molecule has 0 heterocycles. The van der Waals surface area contributed by atoms with Crippen molar-refractivity contribution in [2.75, 3.05) is 11.9 Å². The van der Waals surface area contributed by atoms with Gasteiger partial charge in [-0.2, -0.15) is 0 Å². The summed E-state index contributed by atoms with van der Waals surface area (Å²) in [7, 11) is 2.13. The molecule has 1 atom stereocenters. The van der Waals surface area contributed by atoms with Crippen molar-refractivity contribution in [1.29, 1.82) is 0 Å². The Hall–Kier alpha value is -1.09. The fourth-order valence-corrected chi connectivity index (χ4v) is 3.49. The molecule has 2 nitrogen and oxygen atoms in total. The van der Waals surface area contributed by atoms with Crippen molar-refractivity contribution < 1.29 is 4.39 Å². The molecule has 1 aliphatic carbocycles. The molecule has 0 spiro atoms. The van der Waals surface area contributed by atoms with Crippen molar-refractivity contribution in [2.45, 2.75) is 65.0 Å². The van der Waals surface area contributed by atoms with E-state index in [9.17, 15) is 4.39 Å². The van der Waals surface area contributed by atoms with Gasteiger partial charge in [-0.3, -0.25) is 0 Å². The molecule has 0 unspecified atom stereocenters. The van der Waals surface area contributed by atoms with Crippen molar-refractivity contribution in [3.63, 3.8) is 0 Å². The van der Waals surface area contributed by atoms with Gasteiger partial charge in [0, 0.05) is 24.8 Å². The first-order valence-corrected chi connectivity index (χ1v) is 8.22. The summed E-state index contributed by atoms with van der Waals surface area (Å²) in [5, 5.41) is 0. The molecular weight excluding hydrogens is 263 g/mol. The van der Waals surface area contributed by atoms with Crippen molar-refractivity contribution in [2.24, 2.45) is 11.7 Å². The lowest BCUT2D eigenvalue weighted by molar-refractivity contribution is 0.313. The van der Waals surface area contributed by atoms with E-state index < -0.39 is 0 Å². The Morgan fingerprint density at radius 3 is 2.43 bits per heavy atom. The molecular formula is C18H29FN2. The number of rotatable bonds is 4. The standard InChI is InChI=1S/C18H29FN2/c1-5-14-6-8-15(9-7-14)21(4)18-10-12(2)17(19)11-16(18)13(3)20/h10-11,13-15H,5-9,20H2,1-4H3/t13-,14?,15?/m1/s1. The molecule has 2 N–H and O–H groups in total. The van der Waals surface area contributed by atoms with E-state index in [0.717, 1.165) is 17.2 Å². The van der Waals surface area contributed by atoms with Gasteiger partial charge in [0.2, 0.25) is 0 Å². The Morgan fingerprint density at radius 2 is 1.90 bits per heavy atom. The largest absolute Gasteiger partial charge is 0.371 e. The third kappa shape index (κ3) is 3.57. The maximum absolute atomic E-state index is 13.8. The molecule has 0 bridgehead atoms. The molecule has 0 radical (unpaired) electrons. The van der Waals surface area contributed by atoms with Gasteiger partial charge in [-0.05, 0) is 68.7 Å². The molecule has 118 valence electrons. The van der Waals surface area contributed by atoms with Gasteiger partial charge >= 0.3 is 0 Å². The Balaban J connectivity index is 2.22. The van der Waals surface area contributed by atoms with Gasteiger partial charge in [-0.1, -0.05) is 13.3 Å². The average Bonchev–Trinajstić information content (AvgIpc) is 2.48. The van der Waals surface area contributed by atoms with Gasteiger partial charge < -0.3 is 10.6 Å². The van der Waals surface area contributed by atoms with Crippen LogP contribution in [0.25, 0.3) is 0 Å². The zero-order valence-corrected chi connectivity index (χ0v) is 13.8. The molecule has 0 aromatic heterocycles. The first-order chi connectivity index (χ1) is 9.93. The van der Waals surface area contributed by atoms with E-state index in [2.05, 4.69) is 18.9 Å². The average molecular weight is 292 g/mol. The molecule has 1 aliphatic rings. The first-order valence-electron chi connectivity index (χ1n) is 8.22. The highest BCUT2D eigenvalue weighted by atomic mass is 19.1. The van der Waals surface area contributed by atoms with Crippen LogP contribution in [0, 0.1) is 18.7 Å². The lowest BCUT2D eigenvalue weighted by atomic mass is 9.83. The first kappa shape index (κ1) is 16.3. The van der Waals surface area contributed by atoms with Gasteiger partial charge in [0.1, 0.15) is 5.82 Å². The highest BCUT2D eigenvalue weighted by Crippen LogP contribution is 2.34. The van der Waals surface area contributed by atoms with Crippen LogP contribution in [0.4, 0.5) is 10.1 Å². The van der Waals surface area contributed by atoms with Gasteiger partial charge in [0.25, 0.3) is 0 Å². The Morgan fingerprint density at radius 1 is 1.29 bits per heavy atom. The molecule has 1 aromatic rings. The second kappa shape index (κ2) is 6.78. The van der Waals surface area contributed by atoms with E-state index in [1.165, 1.54) is 32.1 Å². The fraction of sp³-hybridized carbons (Fsp3) is 0.667. The van der Waals surface area contributed by atoms with Crippen molar-refractivity contribution in [3.05, 3.63) is 29.1 Å². The number of benzene rings is 1. The monoisotopic (exact) mass is 292 g/mol. The van der Waals surface area contributed by atoms with Gasteiger partial charge in [0.15, 0.2) is 0 Å². The number of anilines is 1. The molecule has 21 heavy (non-hydrogen) atoms. The molecule has 0 amide bonds. The topological polar surface area (TPSA) is 29.3 Å². The minimum Gasteiger partial charge on any atom is -0.371 e. The summed E-state index contributed by atoms with van der Waals surface area (Å²) < 4.78 is 13.8. The smallest absolute Gasteiger partial charge is 0.126 e. The minimum absolute atomic E-state index is 0.149. The Bertz CT molecular complexity index is 476. The Labute approximate surface area is 128 Å². The van der Waals surface area contributed by atoms with Crippen LogP contribution < -0.4 is 10.6 Å². The lowest BCUT2D eigenvalue weighted by Crippen LogP contribution is -2.36. The van der Waals surface area contributed by atoms with Crippen LogP contribution >= 0.6 is 0 Å². The molecule has 1 saturated carbocycles. The van der Waals surface area contributed by atoms with Crippen molar-refractivity contribution >= 4 is 5.69 Å². The van der Waals surface area contributed by atoms with E-state index in [1.807, 2.05) is 19.9 Å². The second-order valence-electron chi connectivity index (χ2n) is 6.64. The number of aryl methyl sites for hydroxylation is 1. The molecule has 2 rings (SSSR count). The number of halogens is 1. The highest BCUT2D eigenvalue weighted by molar-refractivity contribution is 5.57. The van der Waals surface area contributed by atoms with E-state index >= 15 is 0 Å². The third-order valence-electron chi connectivity index (χ3n) is 5.12. The SMILES string of the molecule is CCC1CCC(N(C)c2cc(C)c(F)cc2[C@@H](C)N)CC1. The van der Waals surface area contributed by atoms with Crippen LogP contribution in [-0.4, -0.2) is 13.1 Å². The lowest BCUT2D eigenvalue weighted by Gasteiger charge is -2.37. The molecule has 0 saturated heterocycles. The fourth-order valence-electron chi connectivity index (χ4n) is 3.49. The summed E-state index contributed by atoms with van der Waals surface area (Å²) in [5.41, 5.74) is 8.76. The summed E-state index contributed by atoms with van der Waals surface area (Å²) >= 11 is 0. The molecule has 0 aliphatic heterocycles. The maximum Gasteiger partial charge on any atom is 0.126 e. The third-order valence-corrected chi connectivity index (χ3v) is 5.12. The van der Waals surface area contributed by atoms with Crippen LogP contribution in [0.2, 0.25) is 0 Å². The second-order valence-corrected chi connectivity index (χ2v) is 6.64. The zero-order valence-electron chi connectivity index (χ0n) is 13.8. The number of nitrogens with zero attached hydrogens (tertiary/aromatic N) is 1. The van der Waals surface area contributed by atoms with Gasteiger partial charge in [-0.15, -0.1) is 0 Å². The van der Waals surface area contributed by atoms with E-state index in [1.54, 1.807) is 6.07 Å². The van der Waals surface area contributed by atoms with Crippen LogP contribution in [0.5, 0.6) is 0 Å². The van der Waals surface area contributed by atoms with E-state index in [4.69, 9.17) is 5.73 Å². The number of hydrogen-bond acceptors (Lipinski definition) is 2. The summed E-state index contributed by atoms with van der Waals surface area (Å²) in [4.78, 5) is 2.33. The molecule has 3 heteroatoms. The number of nitrogens with two attached hydrogens (primary N) is 1. The van der Waals surface area contributed by atoms with Crippen LogP contribution in [-0.2, 0) is 0 Å². The minimum atomic E-state index is -0.158. The van der Waals surface area contributed by atoms with Crippen molar-refractivity contribution in [1.82, 2.24) is 0 Å². The summed E-state index contributed by atoms with van der Waals surface area (Å²) in [6.45, 7) is 6.04. The van der Waals surface area contributed by atoms with Crippen LogP contribution in [0.1, 0.15) is 63.1 Å². The van der Waals surface area contributed by atoms with E-state index in [0.29, 0.717) is 11.6 Å². The molecule has 1 fully saturated rings. The molecule has 1 aromatic carbocycles. The van der Waals surface area contributed by atoms with Crippen molar-refractivity contribution in [3.8, 4) is 0 Å².